The summed E-state index contributed by atoms with van der Waals surface area (Å²) in [7, 11) is 0. The molecule has 4 heteroatoms. The van der Waals surface area contributed by atoms with E-state index in [4.69, 9.17) is 11.0 Å². The van der Waals surface area contributed by atoms with Gasteiger partial charge in [0, 0.05) is 18.5 Å². The number of nitriles is 1. The fourth-order valence-electron chi connectivity index (χ4n) is 1.12. The van der Waals surface area contributed by atoms with Crippen molar-refractivity contribution in [2.75, 3.05) is 0 Å². The summed E-state index contributed by atoms with van der Waals surface area (Å²) in [6.45, 7) is 3.75. The van der Waals surface area contributed by atoms with Gasteiger partial charge in [0.1, 0.15) is 0 Å². The van der Waals surface area contributed by atoms with Crippen LogP contribution in [0.3, 0.4) is 0 Å². The van der Waals surface area contributed by atoms with Crippen molar-refractivity contribution in [3.8, 4) is 6.07 Å². The molecule has 0 fully saturated rings. The first-order valence-corrected chi connectivity index (χ1v) is 4.98. The molecule has 1 amide bonds. The first kappa shape index (κ1) is 12.9. The van der Waals surface area contributed by atoms with E-state index in [1.807, 2.05) is 19.9 Å². The average Bonchev–Trinajstić information content (AvgIpc) is 2.03. The Morgan fingerprint density at radius 2 is 2.21 bits per heavy atom. The minimum Gasteiger partial charge on any atom is -0.353 e. The highest BCUT2D eigenvalue weighted by Gasteiger charge is 2.06. The highest BCUT2D eigenvalue weighted by atomic mass is 16.1. The second kappa shape index (κ2) is 7.34. The predicted octanol–water partition coefficient (Wildman–Crippen LogP) is 0.922. The number of hydrogen-bond donors (Lipinski definition) is 2. The fourth-order valence-corrected chi connectivity index (χ4v) is 1.12. The molecule has 0 radical (unpaired) electrons. The third-order valence-corrected chi connectivity index (χ3v) is 1.87. The smallest absolute Gasteiger partial charge is 0.220 e. The molecule has 3 N–H and O–H groups in total. The van der Waals surface area contributed by atoms with E-state index >= 15 is 0 Å². The molecular weight excluding hydrogens is 178 g/mol. The topological polar surface area (TPSA) is 78.9 Å². The number of nitrogens with zero attached hydrogens (tertiary/aromatic N) is 1. The van der Waals surface area contributed by atoms with Crippen molar-refractivity contribution >= 4 is 5.91 Å². The van der Waals surface area contributed by atoms with Gasteiger partial charge in [-0.1, -0.05) is 0 Å². The fraction of sp³-hybridized carbons (Fsp3) is 0.800. The molecule has 0 aromatic carbocycles. The zero-order valence-corrected chi connectivity index (χ0v) is 8.92. The Hall–Kier alpha value is -1.08. The Bertz CT molecular complexity index is 208. The lowest BCUT2D eigenvalue weighted by Gasteiger charge is -2.10. The second-order valence-electron chi connectivity index (χ2n) is 3.70. The van der Waals surface area contributed by atoms with E-state index in [1.54, 1.807) is 0 Å². The number of carbonyl (C=O) groups is 1. The highest BCUT2D eigenvalue weighted by Crippen LogP contribution is 1.99. The van der Waals surface area contributed by atoms with Gasteiger partial charge in [-0.25, -0.2) is 0 Å². The number of nitrogens with one attached hydrogen (secondary N) is 1. The molecule has 0 aromatic heterocycles. The van der Waals surface area contributed by atoms with Gasteiger partial charge in [0.25, 0.3) is 0 Å². The zero-order chi connectivity index (χ0) is 11.0. The van der Waals surface area contributed by atoms with Gasteiger partial charge in [-0.3, -0.25) is 4.79 Å². The van der Waals surface area contributed by atoms with Gasteiger partial charge in [0.2, 0.25) is 5.91 Å². The summed E-state index contributed by atoms with van der Waals surface area (Å²) in [6, 6.07) is 2.11. The molecule has 0 bridgehead atoms. The van der Waals surface area contributed by atoms with Crippen LogP contribution in [0.1, 0.15) is 39.5 Å². The molecule has 4 nitrogen and oxygen atoms in total. The van der Waals surface area contributed by atoms with Crippen LogP contribution >= 0.6 is 0 Å². The van der Waals surface area contributed by atoms with Crippen LogP contribution in [0.15, 0.2) is 0 Å². The molecule has 14 heavy (non-hydrogen) atoms. The molecule has 80 valence electrons. The Balaban J connectivity index is 3.51. The van der Waals surface area contributed by atoms with Gasteiger partial charge in [-0.15, -0.1) is 0 Å². The van der Waals surface area contributed by atoms with Gasteiger partial charge >= 0.3 is 0 Å². The lowest BCUT2D eigenvalue weighted by Crippen LogP contribution is -2.32. The summed E-state index contributed by atoms with van der Waals surface area (Å²) >= 11 is 0. The quantitative estimate of drug-likeness (QED) is 0.664. The summed E-state index contributed by atoms with van der Waals surface area (Å²) in [5, 5.41) is 11.1. The van der Waals surface area contributed by atoms with Gasteiger partial charge in [-0.05, 0) is 26.7 Å². The van der Waals surface area contributed by atoms with Crippen LogP contribution in [0, 0.1) is 11.3 Å². The van der Waals surface area contributed by atoms with Crippen LogP contribution in [0.25, 0.3) is 0 Å². The van der Waals surface area contributed by atoms with Crippen molar-refractivity contribution in [3.05, 3.63) is 0 Å². The van der Waals surface area contributed by atoms with Crippen molar-refractivity contribution in [3.63, 3.8) is 0 Å². The van der Waals surface area contributed by atoms with Crippen LogP contribution in [-0.2, 0) is 4.79 Å². The largest absolute Gasteiger partial charge is 0.353 e. The van der Waals surface area contributed by atoms with Crippen molar-refractivity contribution < 1.29 is 4.79 Å². The molecule has 2 atom stereocenters. The average molecular weight is 197 g/mol. The number of hydrogen-bond acceptors (Lipinski definition) is 3. The highest BCUT2D eigenvalue weighted by molar-refractivity contribution is 5.76. The molecule has 0 aliphatic carbocycles. The molecule has 0 aliphatic heterocycles. The van der Waals surface area contributed by atoms with Crippen LogP contribution < -0.4 is 11.1 Å². The molecule has 2 unspecified atom stereocenters. The molecule has 0 spiro atoms. The van der Waals surface area contributed by atoms with Crippen molar-refractivity contribution in [2.24, 2.45) is 5.73 Å². The van der Waals surface area contributed by atoms with Crippen molar-refractivity contribution in [2.45, 2.75) is 51.6 Å². The second-order valence-corrected chi connectivity index (χ2v) is 3.70. The molecule has 0 saturated heterocycles. The molecule has 0 aliphatic rings. The first-order valence-electron chi connectivity index (χ1n) is 4.98. The number of amides is 1. The minimum absolute atomic E-state index is 0.00778. The van der Waals surface area contributed by atoms with E-state index in [9.17, 15) is 4.79 Å². The maximum atomic E-state index is 11.2. The van der Waals surface area contributed by atoms with Crippen LogP contribution in [0.4, 0.5) is 0 Å². The number of rotatable bonds is 6. The van der Waals surface area contributed by atoms with E-state index in [2.05, 4.69) is 5.32 Å². The number of carbonyl (C=O) groups excluding carboxylic acids is 1. The monoisotopic (exact) mass is 197 g/mol. The van der Waals surface area contributed by atoms with Gasteiger partial charge in [-0.2, -0.15) is 5.26 Å². The van der Waals surface area contributed by atoms with Crippen LogP contribution in [0.5, 0.6) is 0 Å². The summed E-state index contributed by atoms with van der Waals surface area (Å²) in [5.74, 6) is 0.00778. The summed E-state index contributed by atoms with van der Waals surface area (Å²) < 4.78 is 0. The summed E-state index contributed by atoms with van der Waals surface area (Å²) in [4.78, 5) is 11.2. The lowest BCUT2D eigenvalue weighted by molar-refractivity contribution is -0.121. The first-order chi connectivity index (χ1) is 6.56. The van der Waals surface area contributed by atoms with Gasteiger partial charge in [0.15, 0.2) is 0 Å². The standard InChI is InChI=1S/C10H19N3O/c1-8(12)4-3-5-10(14)13-9(2)6-7-11/h8-9H,3-6,12H2,1-2H3,(H,13,14). The Morgan fingerprint density at radius 3 is 2.71 bits per heavy atom. The summed E-state index contributed by atoms with van der Waals surface area (Å²) in [5.41, 5.74) is 5.55. The van der Waals surface area contributed by atoms with Crippen molar-refractivity contribution in [1.29, 1.82) is 5.26 Å². The molecule has 0 heterocycles. The molecule has 0 saturated carbocycles. The SMILES string of the molecule is CC(N)CCCC(=O)NC(C)CC#N. The van der Waals surface area contributed by atoms with E-state index in [0.717, 1.165) is 12.8 Å². The van der Waals surface area contributed by atoms with Gasteiger partial charge < -0.3 is 11.1 Å². The Kier molecular flexibility index (Phi) is 6.77. The normalized spacial score (nSPS) is 14.1. The van der Waals surface area contributed by atoms with Crippen LogP contribution in [-0.4, -0.2) is 18.0 Å². The third-order valence-electron chi connectivity index (χ3n) is 1.87. The molecule has 0 rings (SSSR count). The van der Waals surface area contributed by atoms with E-state index in [1.165, 1.54) is 0 Å². The molecular formula is C10H19N3O. The maximum Gasteiger partial charge on any atom is 0.220 e. The zero-order valence-electron chi connectivity index (χ0n) is 8.92. The van der Waals surface area contributed by atoms with Crippen LogP contribution in [0.2, 0.25) is 0 Å². The van der Waals surface area contributed by atoms with Gasteiger partial charge in [0.05, 0.1) is 12.5 Å². The Morgan fingerprint density at radius 1 is 1.57 bits per heavy atom. The lowest BCUT2D eigenvalue weighted by atomic mass is 10.1. The maximum absolute atomic E-state index is 11.2. The Labute approximate surface area is 85.5 Å². The van der Waals surface area contributed by atoms with E-state index in [0.29, 0.717) is 12.8 Å². The predicted molar refractivity (Wildman–Crippen MR) is 55.3 cm³/mol. The van der Waals surface area contributed by atoms with Crippen molar-refractivity contribution in [1.82, 2.24) is 5.32 Å². The van der Waals surface area contributed by atoms with E-state index in [-0.39, 0.29) is 18.0 Å². The minimum atomic E-state index is -0.0530. The number of nitrogens with two attached hydrogens (primary N) is 1. The molecule has 0 aromatic rings. The van der Waals surface area contributed by atoms with E-state index < -0.39 is 0 Å². The third kappa shape index (κ3) is 7.56. The summed E-state index contributed by atoms with van der Waals surface area (Å²) in [6.07, 6.45) is 2.53.